The second-order valence-electron chi connectivity index (χ2n) is 4.22. The maximum absolute atomic E-state index is 12.0. The molecule has 1 aromatic rings. The summed E-state index contributed by atoms with van der Waals surface area (Å²) in [4.78, 5) is 12.0. The SMILES string of the molecule is CCC(CC)(NC(=O)Nc1ccccc1)/C(N)=N/O. The Morgan fingerprint density at radius 1 is 1.32 bits per heavy atom. The van der Waals surface area contributed by atoms with Crippen molar-refractivity contribution in [3.05, 3.63) is 30.3 Å². The number of hydrogen-bond acceptors (Lipinski definition) is 3. The number of anilines is 1. The molecule has 0 fully saturated rings. The van der Waals surface area contributed by atoms with Gasteiger partial charge in [0.05, 0.1) is 0 Å². The van der Waals surface area contributed by atoms with Gasteiger partial charge in [-0.3, -0.25) is 0 Å². The van der Waals surface area contributed by atoms with E-state index in [4.69, 9.17) is 10.9 Å². The van der Waals surface area contributed by atoms with Gasteiger partial charge < -0.3 is 21.6 Å². The lowest BCUT2D eigenvalue weighted by molar-refractivity contribution is 0.241. The summed E-state index contributed by atoms with van der Waals surface area (Å²) in [6.07, 6.45) is 1.06. The zero-order valence-corrected chi connectivity index (χ0v) is 11.2. The predicted molar refractivity (Wildman–Crippen MR) is 75.3 cm³/mol. The Bertz CT molecular complexity index is 441. The van der Waals surface area contributed by atoms with E-state index in [0.717, 1.165) is 0 Å². The van der Waals surface area contributed by atoms with E-state index >= 15 is 0 Å². The molecule has 0 bridgehead atoms. The number of hydrogen-bond donors (Lipinski definition) is 4. The third-order valence-electron chi connectivity index (χ3n) is 3.19. The zero-order chi connectivity index (χ0) is 14.3. The van der Waals surface area contributed by atoms with Crippen molar-refractivity contribution < 1.29 is 10.0 Å². The van der Waals surface area contributed by atoms with Gasteiger partial charge in [0.25, 0.3) is 0 Å². The van der Waals surface area contributed by atoms with Gasteiger partial charge in [0, 0.05) is 5.69 Å². The third-order valence-corrected chi connectivity index (χ3v) is 3.19. The first kappa shape index (κ1) is 14.8. The Kier molecular flexibility index (Phi) is 5.17. The van der Waals surface area contributed by atoms with Crippen LogP contribution in [0.4, 0.5) is 10.5 Å². The molecule has 0 heterocycles. The maximum Gasteiger partial charge on any atom is 0.320 e. The van der Waals surface area contributed by atoms with E-state index in [1.54, 1.807) is 12.1 Å². The normalized spacial score (nSPS) is 12.0. The molecule has 0 aromatic heterocycles. The van der Waals surface area contributed by atoms with Crippen molar-refractivity contribution in [3.8, 4) is 0 Å². The van der Waals surface area contributed by atoms with Gasteiger partial charge in [-0.1, -0.05) is 37.2 Å². The van der Waals surface area contributed by atoms with Crippen LogP contribution in [0.5, 0.6) is 0 Å². The molecule has 6 nitrogen and oxygen atoms in total. The third kappa shape index (κ3) is 3.61. The lowest BCUT2D eigenvalue weighted by atomic mass is 9.91. The van der Waals surface area contributed by atoms with Crippen LogP contribution in [0, 0.1) is 0 Å². The minimum atomic E-state index is -0.840. The molecule has 0 aliphatic carbocycles. The van der Waals surface area contributed by atoms with Crippen molar-refractivity contribution in [3.63, 3.8) is 0 Å². The van der Waals surface area contributed by atoms with Crippen molar-refractivity contribution in [1.29, 1.82) is 0 Å². The largest absolute Gasteiger partial charge is 0.409 e. The van der Waals surface area contributed by atoms with Crippen LogP contribution in [0.1, 0.15) is 26.7 Å². The predicted octanol–water partition coefficient (Wildman–Crippen LogP) is 2.11. The molecule has 6 heteroatoms. The van der Waals surface area contributed by atoms with E-state index in [1.165, 1.54) is 0 Å². The summed E-state index contributed by atoms with van der Waals surface area (Å²) in [7, 11) is 0. The topological polar surface area (TPSA) is 99.7 Å². The molecule has 0 aliphatic heterocycles. The summed E-state index contributed by atoms with van der Waals surface area (Å²) in [6.45, 7) is 3.73. The average Bonchev–Trinajstić information content (AvgIpc) is 2.45. The van der Waals surface area contributed by atoms with Crippen molar-refractivity contribution in [1.82, 2.24) is 5.32 Å². The van der Waals surface area contributed by atoms with E-state index in [-0.39, 0.29) is 11.9 Å². The molecule has 5 N–H and O–H groups in total. The highest BCUT2D eigenvalue weighted by Gasteiger charge is 2.33. The number of oxime groups is 1. The number of carbonyl (C=O) groups excluding carboxylic acids is 1. The smallest absolute Gasteiger partial charge is 0.320 e. The van der Waals surface area contributed by atoms with Gasteiger partial charge in [0.15, 0.2) is 5.84 Å². The molecule has 2 amide bonds. The second-order valence-corrected chi connectivity index (χ2v) is 4.22. The summed E-state index contributed by atoms with van der Waals surface area (Å²) in [5.41, 5.74) is 5.51. The summed E-state index contributed by atoms with van der Waals surface area (Å²) >= 11 is 0. The minimum Gasteiger partial charge on any atom is -0.409 e. The molecule has 0 radical (unpaired) electrons. The van der Waals surface area contributed by atoms with Crippen LogP contribution < -0.4 is 16.4 Å². The molecular formula is C13H20N4O2. The van der Waals surface area contributed by atoms with Crippen molar-refractivity contribution in [2.75, 3.05) is 5.32 Å². The highest BCUT2D eigenvalue weighted by molar-refractivity contribution is 5.97. The van der Waals surface area contributed by atoms with Gasteiger partial charge in [-0.25, -0.2) is 4.79 Å². The van der Waals surface area contributed by atoms with Crippen LogP contribution >= 0.6 is 0 Å². The fourth-order valence-corrected chi connectivity index (χ4v) is 1.85. The second kappa shape index (κ2) is 6.63. The van der Waals surface area contributed by atoms with E-state index in [2.05, 4.69) is 15.8 Å². The molecule has 19 heavy (non-hydrogen) atoms. The highest BCUT2D eigenvalue weighted by Crippen LogP contribution is 2.16. The lowest BCUT2D eigenvalue weighted by Crippen LogP contribution is -2.57. The number of benzene rings is 1. The maximum atomic E-state index is 12.0. The number of rotatable bonds is 5. The van der Waals surface area contributed by atoms with Gasteiger partial charge in [-0.2, -0.15) is 0 Å². The fraction of sp³-hybridized carbons (Fsp3) is 0.385. The zero-order valence-electron chi connectivity index (χ0n) is 11.2. The number of amides is 2. The Morgan fingerprint density at radius 2 is 1.89 bits per heavy atom. The molecule has 0 saturated heterocycles. The summed E-state index contributed by atoms with van der Waals surface area (Å²) < 4.78 is 0. The minimum absolute atomic E-state index is 0.000659. The first-order valence-corrected chi connectivity index (χ1v) is 6.20. The Morgan fingerprint density at radius 3 is 2.37 bits per heavy atom. The van der Waals surface area contributed by atoms with Gasteiger partial charge in [-0.05, 0) is 25.0 Å². The molecular weight excluding hydrogens is 244 g/mol. The molecule has 0 aliphatic rings. The number of nitrogens with zero attached hydrogens (tertiary/aromatic N) is 1. The molecule has 1 rings (SSSR count). The van der Waals surface area contributed by atoms with Gasteiger partial charge in [0.2, 0.25) is 0 Å². The summed E-state index contributed by atoms with van der Waals surface area (Å²) in [5.74, 6) is 0.000659. The van der Waals surface area contributed by atoms with Gasteiger partial charge >= 0.3 is 6.03 Å². The molecule has 0 atom stereocenters. The number of amidine groups is 1. The van der Waals surface area contributed by atoms with Gasteiger partial charge in [0.1, 0.15) is 5.54 Å². The molecule has 0 unspecified atom stereocenters. The molecule has 104 valence electrons. The summed E-state index contributed by atoms with van der Waals surface area (Å²) in [6, 6.07) is 8.69. The number of urea groups is 1. The summed E-state index contributed by atoms with van der Waals surface area (Å²) in [5, 5.41) is 17.3. The number of carbonyl (C=O) groups is 1. The Hall–Kier alpha value is -2.24. The fourth-order valence-electron chi connectivity index (χ4n) is 1.85. The van der Waals surface area contributed by atoms with E-state index in [9.17, 15) is 4.79 Å². The van der Waals surface area contributed by atoms with E-state index < -0.39 is 5.54 Å². The van der Waals surface area contributed by atoms with Gasteiger partial charge in [-0.15, -0.1) is 0 Å². The van der Waals surface area contributed by atoms with Crippen LogP contribution in [0.15, 0.2) is 35.5 Å². The Balaban J connectivity index is 2.78. The number of para-hydroxylation sites is 1. The van der Waals surface area contributed by atoms with Crippen molar-refractivity contribution in [2.45, 2.75) is 32.2 Å². The van der Waals surface area contributed by atoms with Crippen molar-refractivity contribution >= 4 is 17.6 Å². The highest BCUT2D eigenvalue weighted by atomic mass is 16.4. The van der Waals surface area contributed by atoms with Crippen molar-refractivity contribution in [2.24, 2.45) is 10.9 Å². The molecule has 1 aromatic carbocycles. The standard InChI is InChI=1S/C13H20N4O2/c1-3-13(4-2,11(14)17-19)16-12(18)15-10-8-6-5-7-9-10/h5-9,19H,3-4H2,1-2H3,(H2,14,17)(H2,15,16,18). The Labute approximate surface area is 112 Å². The van der Waals surface area contributed by atoms with Crippen LogP contribution in [0.25, 0.3) is 0 Å². The van der Waals surface area contributed by atoms with Crippen LogP contribution in [-0.2, 0) is 0 Å². The van der Waals surface area contributed by atoms with Crippen LogP contribution in [0.2, 0.25) is 0 Å². The number of nitrogens with one attached hydrogen (secondary N) is 2. The van der Waals surface area contributed by atoms with E-state index in [1.807, 2.05) is 32.0 Å². The van der Waals surface area contributed by atoms with Crippen LogP contribution in [0.3, 0.4) is 0 Å². The van der Waals surface area contributed by atoms with E-state index in [0.29, 0.717) is 18.5 Å². The average molecular weight is 264 g/mol. The first-order chi connectivity index (χ1) is 9.07. The first-order valence-electron chi connectivity index (χ1n) is 6.20. The lowest BCUT2D eigenvalue weighted by Gasteiger charge is -2.31. The quantitative estimate of drug-likeness (QED) is 0.283. The molecule has 0 spiro atoms. The monoisotopic (exact) mass is 264 g/mol. The van der Waals surface area contributed by atoms with Crippen LogP contribution in [-0.4, -0.2) is 22.6 Å². The number of nitrogens with two attached hydrogens (primary N) is 1. The molecule has 0 saturated carbocycles.